The maximum absolute atomic E-state index is 11.4. The molecule has 0 aliphatic carbocycles. The van der Waals surface area contributed by atoms with Crippen LogP contribution >= 0.6 is 0 Å². The molecule has 1 aliphatic rings. The molecule has 1 aliphatic heterocycles. The molecule has 8 nitrogen and oxygen atoms in total. The Morgan fingerprint density at radius 3 is 3.05 bits per heavy atom. The lowest BCUT2D eigenvalue weighted by Crippen LogP contribution is -2.52. The third-order valence-corrected chi connectivity index (χ3v) is 2.99. The Balaban J connectivity index is 1.97. The van der Waals surface area contributed by atoms with E-state index in [-0.39, 0.29) is 6.61 Å². The van der Waals surface area contributed by atoms with Gasteiger partial charge in [-0.25, -0.2) is 0 Å². The van der Waals surface area contributed by atoms with Gasteiger partial charge in [0, 0.05) is 6.54 Å². The molecule has 1 unspecified atom stereocenters. The van der Waals surface area contributed by atoms with Crippen molar-refractivity contribution in [3.63, 3.8) is 0 Å². The molecule has 0 radical (unpaired) electrons. The van der Waals surface area contributed by atoms with Crippen LogP contribution in [0, 0.1) is 5.92 Å². The van der Waals surface area contributed by atoms with Crippen LogP contribution in [-0.4, -0.2) is 48.4 Å². The highest BCUT2D eigenvalue weighted by Crippen LogP contribution is 2.18. The van der Waals surface area contributed by atoms with E-state index in [4.69, 9.17) is 14.9 Å². The fraction of sp³-hybridized carbons (Fsp3) is 0.750. The van der Waals surface area contributed by atoms with Gasteiger partial charge in [0.25, 0.3) is 0 Å². The first kappa shape index (κ1) is 14.7. The molecule has 112 valence electrons. The first-order valence-electron chi connectivity index (χ1n) is 6.74. The fourth-order valence-electron chi connectivity index (χ4n) is 1.97. The fourth-order valence-corrected chi connectivity index (χ4v) is 1.97. The summed E-state index contributed by atoms with van der Waals surface area (Å²) in [7, 11) is 0. The van der Waals surface area contributed by atoms with Crippen LogP contribution in [0.2, 0.25) is 0 Å². The van der Waals surface area contributed by atoms with Crippen molar-refractivity contribution in [3.05, 3.63) is 5.89 Å². The van der Waals surface area contributed by atoms with Crippen molar-refractivity contribution in [3.8, 4) is 0 Å². The Kier molecular flexibility index (Phi) is 4.91. The van der Waals surface area contributed by atoms with E-state index in [0.717, 1.165) is 6.54 Å². The third kappa shape index (κ3) is 3.67. The van der Waals surface area contributed by atoms with Gasteiger partial charge in [0.1, 0.15) is 6.04 Å². The van der Waals surface area contributed by atoms with E-state index in [0.29, 0.717) is 37.5 Å². The average Bonchev–Trinajstić information content (AvgIpc) is 2.87. The van der Waals surface area contributed by atoms with Gasteiger partial charge in [0.05, 0.1) is 19.8 Å². The highest BCUT2D eigenvalue weighted by atomic mass is 16.5. The minimum atomic E-state index is -0.555. The summed E-state index contributed by atoms with van der Waals surface area (Å²) in [6.07, 6.45) is 0. The van der Waals surface area contributed by atoms with E-state index in [1.54, 1.807) is 4.90 Å². The molecule has 1 fully saturated rings. The molecule has 3 N–H and O–H groups in total. The Bertz CT molecular complexity index is 448. The van der Waals surface area contributed by atoms with Crippen molar-refractivity contribution in [1.29, 1.82) is 0 Å². The first-order chi connectivity index (χ1) is 9.58. The van der Waals surface area contributed by atoms with Gasteiger partial charge in [-0.15, -0.1) is 5.10 Å². The predicted octanol–water partition coefficient (Wildman–Crippen LogP) is -0.494. The summed E-state index contributed by atoms with van der Waals surface area (Å²) in [5, 5.41) is 11.2. The number of carbonyl (C=O) groups excluding carboxylic acids is 1. The maximum atomic E-state index is 11.4. The number of amides is 1. The number of nitrogens with one attached hydrogen (secondary N) is 1. The monoisotopic (exact) mass is 283 g/mol. The number of ether oxygens (including phenoxy) is 1. The molecule has 1 aromatic heterocycles. The second-order valence-electron chi connectivity index (χ2n) is 5.19. The van der Waals surface area contributed by atoms with Crippen molar-refractivity contribution in [1.82, 2.24) is 15.5 Å². The minimum absolute atomic E-state index is 0.249. The van der Waals surface area contributed by atoms with E-state index < -0.39 is 11.9 Å². The zero-order valence-corrected chi connectivity index (χ0v) is 11.8. The molecular weight excluding hydrogens is 262 g/mol. The SMILES string of the molecule is CC(C)CNCc1nnc(N2CCOCC2C(N)=O)o1. The highest BCUT2D eigenvalue weighted by molar-refractivity contribution is 5.83. The lowest BCUT2D eigenvalue weighted by molar-refractivity contribution is -0.121. The van der Waals surface area contributed by atoms with Crippen LogP contribution in [0.1, 0.15) is 19.7 Å². The quantitative estimate of drug-likeness (QED) is 0.725. The van der Waals surface area contributed by atoms with Crippen molar-refractivity contribution in [2.24, 2.45) is 11.7 Å². The van der Waals surface area contributed by atoms with Crippen LogP contribution in [0.15, 0.2) is 4.42 Å². The van der Waals surface area contributed by atoms with E-state index in [1.807, 2.05) is 0 Å². The number of hydrogen-bond donors (Lipinski definition) is 2. The molecule has 1 amide bonds. The van der Waals surface area contributed by atoms with Crippen LogP contribution in [0.3, 0.4) is 0 Å². The topological polar surface area (TPSA) is 107 Å². The molecule has 0 bridgehead atoms. The summed E-state index contributed by atoms with van der Waals surface area (Å²) in [5.41, 5.74) is 5.35. The number of aromatic nitrogens is 2. The van der Waals surface area contributed by atoms with Crippen molar-refractivity contribution >= 4 is 11.9 Å². The molecule has 1 saturated heterocycles. The van der Waals surface area contributed by atoms with Gasteiger partial charge < -0.3 is 25.1 Å². The van der Waals surface area contributed by atoms with Gasteiger partial charge in [-0.2, -0.15) is 0 Å². The maximum Gasteiger partial charge on any atom is 0.319 e. The molecular formula is C12H21N5O3. The molecule has 8 heteroatoms. The Labute approximate surface area is 117 Å². The summed E-state index contributed by atoms with van der Waals surface area (Å²) in [5.74, 6) is 0.591. The summed E-state index contributed by atoms with van der Waals surface area (Å²) in [6, 6.07) is -0.237. The van der Waals surface area contributed by atoms with Crippen molar-refractivity contribution in [2.45, 2.75) is 26.4 Å². The van der Waals surface area contributed by atoms with Gasteiger partial charge in [-0.1, -0.05) is 18.9 Å². The van der Waals surface area contributed by atoms with Crippen LogP contribution in [0.25, 0.3) is 0 Å². The predicted molar refractivity (Wildman–Crippen MR) is 72.0 cm³/mol. The van der Waals surface area contributed by atoms with Crippen LogP contribution in [-0.2, 0) is 16.1 Å². The number of rotatable bonds is 6. The van der Waals surface area contributed by atoms with Gasteiger partial charge in [-0.05, 0) is 12.5 Å². The lowest BCUT2D eigenvalue weighted by atomic mass is 10.2. The van der Waals surface area contributed by atoms with Crippen molar-refractivity contribution in [2.75, 3.05) is 31.2 Å². The summed E-state index contributed by atoms with van der Waals surface area (Å²) in [6.45, 7) is 6.89. The standard InChI is InChI=1S/C12H21N5O3/c1-8(2)5-14-6-10-15-16-12(20-10)17-3-4-19-7-9(17)11(13)18/h8-9,14H,3-7H2,1-2H3,(H2,13,18). The largest absolute Gasteiger partial charge is 0.407 e. The van der Waals surface area contributed by atoms with Crippen molar-refractivity contribution < 1.29 is 13.9 Å². The van der Waals surface area contributed by atoms with E-state index in [2.05, 4.69) is 29.4 Å². The molecule has 1 aromatic rings. The number of hydrogen-bond acceptors (Lipinski definition) is 7. The molecule has 2 heterocycles. The summed E-state index contributed by atoms with van der Waals surface area (Å²) in [4.78, 5) is 13.1. The highest BCUT2D eigenvalue weighted by Gasteiger charge is 2.31. The van der Waals surface area contributed by atoms with Gasteiger partial charge in [-0.3, -0.25) is 4.79 Å². The Hall–Kier alpha value is -1.67. The smallest absolute Gasteiger partial charge is 0.319 e. The number of primary amides is 1. The van der Waals surface area contributed by atoms with Crippen LogP contribution < -0.4 is 16.0 Å². The number of nitrogens with zero attached hydrogens (tertiary/aromatic N) is 3. The lowest BCUT2D eigenvalue weighted by Gasteiger charge is -2.31. The van der Waals surface area contributed by atoms with Crippen LogP contribution in [0.4, 0.5) is 6.01 Å². The summed E-state index contributed by atoms with van der Waals surface area (Å²) >= 11 is 0. The number of nitrogens with two attached hydrogens (primary N) is 1. The second kappa shape index (κ2) is 6.67. The zero-order chi connectivity index (χ0) is 14.5. The minimum Gasteiger partial charge on any atom is -0.407 e. The molecule has 0 aromatic carbocycles. The average molecular weight is 283 g/mol. The van der Waals surface area contributed by atoms with Gasteiger partial charge in [0.2, 0.25) is 11.8 Å². The summed E-state index contributed by atoms with van der Waals surface area (Å²) < 4.78 is 10.8. The molecule has 0 saturated carbocycles. The zero-order valence-electron chi connectivity index (χ0n) is 11.8. The van der Waals surface area contributed by atoms with Gasteiger partial charge in [0.15, 0.2) is 0 Å². The van der Waals surface area contributed by atoms with E-state index in [9.17, 15) is 4.79 Å². The first-order valence-corrected chi connectivity index (χ1v) is 6.74. The van der Waals surface area contributed by atoms with Crippen LogP contribution in [0.5, 0.6) is 0 Å². The Morgan fingerprint density at radius 2 is 2.35 bits per heavy atom. The number of anilines is 1. The molecule has 20 heavy (non-hydrogen) atoms. The van der Waals surface area contributed by atoms with E-state index >= 15 is 0 Å². The van der Waals surface area contributed by atoms with Gasteiger partial charge >= 0.3 is 6.01 Å². The Morgan fingerprint density at radius 1 is 1.55 bits per heavy atom. The molecule has 0 spiro atoms. The number of morpholine rings is 1. The normalized spacial score (nSPS) is 19.6. The molecule has 2 rings (SSSR count). The third-order valence-electron chi connectivity index (χ3n) is 2.99. The number of carbonyl (C=O) groups is 1. The second-order valence-corrected chi connectivity index (χ2v) is 5.19. The van der Waals surface area contributed by atoms with E-state index in [1.165, 1.54) is 0 Å². The molecule has 1 atom stereocenters.